The van der Waals surface area contributed by atoms with E-state index in [1.54, 1.807) is 22.7 Å². The molecule has 148 valence electrons. The van der Waals surface area contributed by atoms with Gasteiger partial charge < -0.3 is 5.32 Å². The molecule has 3 aromatic rings. The smallest absolute Gasteiger partial charge is 0.238 e. The van der Waals surface area contributed by atoms with Crippen molar-refractivity contribution in [1.29, 1.82) is 5.26 Å². The van der Waals surface area contributed by atoms with Gasteiger partial charge in [0.15, 0.2) is 0 Å². The number of fused-ring (bicyclic) bond motifs is 1. The predicted molar refractivity (Wildman–Crippen MR) is 119 cm³/mol. The lowest BCUT2D eigenvalue weighted by Crippen LogP contribution is -2.31. The Bertz CT molecular complexity index is 1020. The second-order valence-corrected chi connectivity index (χ2v) is 9.54. The molecule has 2 N–H and O–H groups in total. The van der Waals surface area contributed by atoms with Crippen molar-refractivity contribution in [1.82, 2.24) is 5.32 Å². The van der Waals surface area contributed by atoms with Crippen molar-refractivity contribution in [2.24, 2.45) is 5.92 Å². The van der Waals surface area contributed by atoms with E-state index >= 15 is 0 Å². The van der Waals surface area contributed by atoms with E-state index < -0.39 is 0 Å². The first-order valence-electron chi connectivity index (χ1n) is 9.82. The van der Waals surface area contributed by atoms with E-state index in [0.29, 0.717) is 16.5 Å². The van der Waals surface area contributed by atoms with Crippen molar-refractivity contribution in [2.45, 2.75) is 32.2 Å². The third kappa shape index (κ3) is 4.43. The van der Waals surface area contributed by atoms with Crippen LogP contribution in [0.25, 0.3) is 0 Å². The minimum absolute atomic E-state index is 0.0326. The zero-order valence-corrected chi connectivity index (χ0v) is 17.9. The molecule has 6 heteroatoms. The highest BCUT2D eigenvalue weighted by atomic mass is 32.1. The average Bonchev–Trinajstić information content (AvgIpc) is 3.36. The maximum atomic E-state index is 12.7. The third-order valence-corrected chi connectivity index (χ3v) is 7.41. The largest absolute Gasteiger partial charge is 0.315 e. The van der Waals surface area contributed by atoms with Gasteiger partial charge in [-0.1, -0.05) is 43.3 Å². The highest BCUT2D eigenvalue weighted by molar-refractivity contribution is 7.16. The normalized spacial score (nSPS) is 16.6. The highest BCUT2D eigenvalue weighted by Crippen LogP contribution is 2.39. The Hall–Kier alpha value is -2.46. The predicted octanol–water partition coefficient (Wildman–Crippen LogP) is 5.12. The molecular weight excluding hydrogens is 398 g/mol. The molecule has 0 bridgehead atoms. The summed E-state index contributed by atoms with van der Waals surface area (Å²) in [6, 6.07) is 16.5. The third-order valence-electron chi connectivity index (χ3n) is 5.30. The van der Waals surface area contributed by atoms with E-state index in [4.69, 9.17) is 0 Å². The number of carbonyl (C=O) groups excluding carboxylic acids is 1. The van der Waals surface area contributed by atoms with Gasteiger partial charge in [-0.05, 0) is 47.8 Å². The van der Waals surface area contributed by atoms with Crippen LogP contribution in [0.3, 0.4) is 0 Å². The molecule has 0 aliphatic heterocycles. The number of benzene rings is 1. The second kappa shape index (κ2) is 8.91. The first-order valence-corrected chi connectivity index (χ1v) is 11.5. The number of nitriles is 1. The molecule has 0 spiro atoms. The van der Waals surface area contributed by atoms with Gasteiger partial charge in [-0.25, -0.2) is 0 Å². The first-order chi connectivity index (χ1) is 14.2. The monoisotopic (exact) mass is 421 g/mol. The number of thiophene rings is 2. The molecule has 1 aliphatic rings. The molecule has 0 unspecified atom stereocenters. The Kier molecular flexibility index (Phi) is 6.10. The molecule has 4 nitrogen and oxygen atoms in total. The van der Waals surface area contributed by atoms with Gasteiger partial charge in [-0.2, -0.15) is 5.26 Å². The summed E-state index contributed by atoms with van der Waals surface area (Å²) in [7, 11) is 0. The van der Waals surface area contributed by atoms with Crippen molar-refractivity contribution in [3.05, 3.63) is 74.3 Å². The van der Waals surface area contributed by atoms with Crippen molar-refractivity contribution in [2.75, 3.05) is 11.9 Å². The maximum Gasteiger partial charge on any atom is 0.238 e. The molecule has 2 heterocycles. The standard InChI is InChI=1S/C23H23N3OS2/c1-15-9-10-17-18(13-24)23(29-20(17)12-15)26-21(27)14-25-22(19-8-5-11-28-19)16-6-3-2-4-7-16/h2-8,11,15,22,25H,9-10,12,14H2,1H3,(H,26,27)/t15-,22-/m0/s1. The zero-order chi connectivity index (χ0) is 20.2. The van der Waals surface area contributed by atoms with E-state index in [1.165, 1.54) is 9.75 Å². The number of nitrogens with one attached hydrogen (secondary N) is 2. The molecule has 1 amide bonds. The van der Waals surface area contributed by atoms with E-state index in [1.807, 2.05) is 29.6 Å². The molecule has 4 rings (SSSR count). The van der Waals surface area contributed by atoms with Crippen LogP contribution in [0.1, 0.15) is 45.8 Å². The molecule has 2 atom stereocenters. The summed E-state index contributed by atoms with van der Waals surface area (Å²) in [5.74, 6) is 0.515. The number of amides is 1. The minimum Gasteiger partial charge on any atom is -0.315 e. The lowest BCUT2D eigenvalue weighted by molar-refractivity contribution is -0.115. The molecule has 0 saturated heterocycles. The van der Waals surface area contributed by atoms with E-state index in [-0.39, 0.29) is 18.5 Å². The summed E-state index contributed by atoms with van der Waals surface area (Å²) in [4.78, 5) is 15.1. The summed E-state index contributed by atoms with van der Waals surface area (Å²) in [6.45, 7) is 2.42. The number of nitrogens with zero attached hydrogens (tertiary/aromatic N) is 1. The molecule has 2 aromatic heterocycles. The average molecular weight is 422 g/mol. The molecule has 29 heavy (non-hydrogen) atoms. The van der Waals surface area contributed by atoms with Gasteiger partial charge >= 0.3 is 0 Å². The van der Waals surface area contributed by atoms with E-state index in [9.17, 15) is 10.1 Å². The minimum atomic E-state index is -0.120. The van der Waals surface area contributed by atoms with Gasteiger partial charge in [0, 0.05) is 9.75 Å². The maximum absolute atomic E-state index is 12.7. The van der Waals surface area contributed by atoms with Gasteiger partial charge in [0.1, 0.15) is 11.1 Å². The molecule has 0 fully saturated rings. The number of anilines is 1. The van der Waals surface area contributed by atoms with Crippen molar-refractivity contribution in [3.63, 3.8) is 0 Å². The Labute approximate surface area is 179 Å². The van der Waals surface area contributed by atoms with Crippen LogP contribution in [-0.4, -0.2) is 12.5 Å². The van der Waals surface area contributed by atoms with E-state index in [2.05, 4.69) is 41.8 Å². The first kappa shape index (κ1) is 19.8. The van der Waals surface area contributed by atoms with Crippen LogP contribution >= 0.6 is 22.7 Å². The number of carbonyl (C=O) groups is 1. The number of rotatable bonds is 6. The van der Waals surface area contributed by atoms with Crippen LogP contribution < -0.4 is 10.6 Å². The van der Waals surface area contributed by atoms with Gasteiger partial charge in [0.05, 0.1) is 18.2 Å². The van der Waals surface area contributed by atoms with Crippen LogP contribution in [0.5, 0.6) is 0 Å². The topological polar surface area (TPSA) is 64.9 Å². The van der Waals surface area contributed by atoms with Crippen LogP contribution in [0.2, 0.25) is 0 Å². The number of hydrogen-bond donors (Lipinski definition) is 2. The molecule has 0 radical (unpaired) electrons. The number of hydrogen-bond acceptors (Lipinski definition) is 5. The summed E-state index contributed by atoms with van der Waals surface area (Å²) < 4.78 is 0. The summed E-state index contributed by atoms with van der Waals surface area (Å²) in [6.07, 6.45) is 3.03. The van der Waals surface area contributed by atoms with Crippen molar-refractivity contribution >= 4 is 33.6 Å². The van der Waals surface area contributed by atoms with Gasteiger partial charge in [0.2, 0.25) is 5.91 Å². The van der Waals surface area contributed by atoms with Crippen molar-refractivity contribution < 1.29 is 4.79 Å². The fourth-order valence-corrected chi connectivity index (χ4v) is 6.01. The van der Waals surface area contributed by atoms with Gasteiger partial charge in [-0.3, -0.25) is 10.1 Å². The quantitative estimate of drug-likeness (QED) is 0.580. The fourth-order valence-electron chi connectivity index (χ4n) is 3.81. The van der Waals surface area contributed by atoms with E-state index in [0.717, 1.165) is 30.4 Å². The Morgan fingerprint density at radius 3 is 2.83 bits per heavy atom. The van der Waals surface area contributed by atoms with Gasteiger partial charge in [0.25, 0.3) is 0 Å². The summed E-state index contributed by atoms with van der Waals surface area (Å²) >= 11 is 3.24. The zero-order valence-electron chi connectivity index (χ0n) is 16.3. The van der Waals surface area contributed by atoms with Crippen LogP contribution in [-0.2, 0) is 17.6 Å². The molecule has 0 saturated carbocycles. The Balaban J connectivity index is 1.47. The van der Waals surface area contributed by atoms with Gasteiger partial charge in [-0.15, -0.1) is 22.7 Å². The Morgan fingerprint density at radius 2 is 2.10 bits per heavy atom. The second-order valence-electron chi connectivity index (χ2n) is 7.46. The SMILES string of the molecule is C[C@H]1CCc2c(sc(NC(=O)CN[C@@H](c3ccccc3)c3cccs3)c2C#N)C1. The lowest BCUT2D eigenvalue weighted by Gasteiger charge is -2.18. The van der Waals surface area contributed by atoms with Crippen LogP contribution in [0.15, 0.2) is 47.8 Å². The molecule has 1 aromatic carbocycles. The molecule has 1 aliphatic carbocycles. The van der Waals surface area contributed by atoms with Crippen LogP contribution in [0.4, 0.5) is 5.00 Å². The summed E-state index contributed by atoms with van der Waals surface area (Å²) in [5.41, 5.74) is 2.92. The lowest BCUT2D eigenvalue weighted by atomic mass is 9.89. The highest BCUT2D eigenvalue weighted by Gasteiger charge is 2.25. The van der Waals surface area contributed by atoms with Crippen molar-refractivity contribution in [3.8, 4) is 6.07 Å². The van der Waals surface area contributed by atoms with Crippen LogP contribution in [0, 0.1) is 17.2 Å². The Morgan fingerprint density at radius 1 is 1.28 bits per heavy atom. The summed E-state index contributed by atoms with van der Waals surface area (Å²) in [5, 5.41) is 18.7. The fraction of sp³-hybridized carbons (Fsp3) is 0.304. The molecular formula is C23H23N3OS2.